The zero-order valence-corrected chi connectivity index (χ0v) is 10.2. The van der Waals surface area contributed by atoms with E-state index in [0.29, 0.717) is 5.56 Å². The molecule has 0 radical (unpaired) electrons. The second-order valence-corrected chi connectivity index (χ2v) is 4.61. The first-order chi connectivity index (χ1) is 8.66. The number of carbonyl (C=O) groups is 2. The highest BCUT2D eigenvalue weighted by atomic mass is 16.4. The molecule has 0 saturated carbocycles. The first kappa shape index (κ1) is 12.8. The van der Waals surface area contributed by atoms with Gasteiger partial charge in [-0.1, -0.05) is 12.1 Å². The van der Waals surface area contributed by atoms with Gasteiger partial charge in [0.15, 0.2) is 5.78 Å². The number of benzene rings is 1. The van der Waals surface area contributed by atoms with E-state index in [4.69, 9.17) is 5.11 Å². The molecule has 0 saturated heterocycles. The molecule has 2 rings (SSSR count). The second kappa shape index (κ2) is 5.78. The first-order valence-corrected chi connectivity index (χ1v) is 6.24. The van der Waals surface area contributed by atoms with Gasteiger partial charge < -0.3 is 5.11 Å². The van der Waals surface area contributed by atoms with Crippen molar-refractivity contribution >= 4 is 11.8 Å². The highest BCUT2D eigenvalue weighted by Crippen LogP contribution is 2.22. The van der Waals surface area contributed by atoms with Gasteiger partial charge in [0, 0.05) is 5.56 Å². The lowest BCUT2D eigenvalue weighted by Gasteiger charge is -2.16. The summed E-state index contributed by atoms with van der Waals surface area (Å²) < 4.78 is 0. The van der Waals surface area contributed by atoms with Crippen molar-refractivity contribution < 1.29 is 14.7 Å². The van der Waals surface area contributed by atoms with E-state index in [1.54, 1.807) is 0 Å². The van der Waals surface area contributed by atoms with E-state index in [1.807, 2.05) is 18.2 Å². The molecule has 0 heterocycles. The Balaban J connectivity index is 2.00. The number of rotatable bonds is 5. The van der Waals surface area contributed by atoms with Crippen LogP contribution in [-0.2, 0) is 17.6 Å². The lowest BCUT2D eigenvalue weighted by molar-refractivity contribution is -0.135. The minimum absolute atomic E-state index is 0.0513. The minimum atomic E-state index is -0.951. The van der Waals surface area contributed by atoms with Crippen molar-refractivity contribution in [3.63, 3.8) is 0 Å². The smallest absolute Gasteiger partial charge is 0.317 e. The van der Waals surface area contributed by atoms with E-state index in [1.165, 1.54) is 24.0 Å². The van der Waals surface area contributed by atoms with Crippen LogP contribution in [0.2, 0.25) is 0 Å². The monoisotopic (exact) mass is 247 g/mol. The third kappa shape index (κ3) is 3.17. The van der Waals surface area contributed by atoms with Gasteiger partial charge in [-0.15, -0.1) is 0 Å². The molecular formula is C14H17NO3. The Labute approximate surface area is 106 Å². The van der Waals surface area contributed by atoms with Gasteiger partial charge in [-0.25, -0.2) is 0 Å². The number of carboxylic acid groups (broad SMARTS) is 1. The summed E-state index contributed by atoms with van der Waals surface area (Å²) in [5, 5.41) is 11.1. The Morgan fingerprint density at radius 1 is 1.11 bits per heavy atom. The molecule has 4 heteroatoms. The van der Waals surface area contributed by atoms with E-state index in [-0.39, 0.29) is 18.9 Å². The van der Waals surface area contributed by atoms with Gasteiger partial charge in [0.2, 0.25) is 0 Å². The van der Waals surface area contributed by atoms with Crippen LogP contribution in [0.25, 0.3) is 0 Å². The van der Waals surface area contributed by atoms with Crippen molar-refractivity contribution in [3.8, 4) is 0 Å². The number of carboxylic acids is 1. The topological polar surface area (TPSA) is 66.4 Å². The summed E-state index contributed by atoms with van der Waals surface area (Å²) in [6, 6.07) is 5.83. The van der Waals surface area contributed by atoms with Crippen LogP contribution in [0.15, 0.2) is 18.2 Å². The molecule has 4 nitrogen and oxygen atoms in total. The van der Waals surface area contributed by atoms with Gasteiger partial charge in [-0.05, 0) is 42.9 Å². The fourth-order valence-corrected chi connectivity index (χ4v) is 2.29. The molecular weight excluding hydrogens is 230 g/mol. The van der Waals surface area contributed by atoms with Crippen LogP contribution in [-0.4, -0.2) is 29.9 Å². The summed E-state index contributed by atoms with van der Waals surface area (Å²) in [6.45, 7) is -0.109. The second-order valence-electron chi connectivity index (χ2n) is 4.61. The molecule has 1 aromatic rings. The number of hydrogen-bond acceptors (Lipinski definition) is 3. The van der Waals surface area contributed by atoms with E-state index in [2.05, 4.69) is 5.32 Å². The summed E-state index contributed by atoms with van der Waals surface area (Å²) in [5.74, 6) is -1.00. The van der Waals surface area contributed by atoms with Crippen molar-refractivity contribution in [1.29, 1.82) is 0 Å². The largest absolute Gasteiger partial charge is 0.480 e. The first-order valence-electron chi connectivity index (χ1n) is 6.24. The Morgan fingerprint density at radius 3 is 2.56 bits per heavy atom. The fraction of sp³-hybridized carbons (Fsp3) is 0.429. The third-order valence-electron chi connectivity index (χ3n) is 3.23. The number of fused-ring (bicyclic) bond motifs is 1. The summed E-state index contributed by atoms with van der Waals surface area (Å²) >= 11 is 0. The number of ketones is 1. The average Bonchev–Trinajstić information content (AvgIpc) is 2.37. The number of Topliss-reactive ketones (excluding diaryl/α,β-unsaturated/α-hetero) is 1. The third-order valence-corrected chi connectivity index (χ3v) is 3.23. The molecule has 1 aliphatic carbocycles. The highest BCUT2D eigenvalue weighted by Gasteiger charge is 2.12. The van der Waals surface area contributed by atoms with Crippen LogP contribution in [0.3, 0.4) is 0 Å². The molecule has 18 heavy (non-hydrogen) atoms. The normalized spacial score (nSPS) is 14.0. The molecule has 0 spiro atoms. The van der Waals surface area contributed by atoms with E-state index in [9.17, 15) is 9.59 Å². The van der Waals surface area contributed by atoms with Crippen molar-refractivity contribution in [1.82, 2.24) is 5.32 Å². The van der Waals surface area contributed by atoms with Gasteiger partial charge in [-0.2, -0.15) is 0 Å². The standard InChI is InChI=1S/C14H17NO3/c16-13(8-15-9-14(17)18)12-6-5-10-3-1-2-4-11(10)7-12/h5-7,15H,1-4,8-9H2,(H,17,18). The number of hydrogen-bond donors (Lipinski definition) is 2. The molecule has 0 aromatic heterocycles. The lowest BCUT2D eigenvalue weighted by atomic mass is 9.90. The zero-order valence-electron chi connectivity index (χ0n) is 10.2. The molecule has 96 valence electrons. The van der Waals surface area contributed by atoms with Crippen molar-refractivity contribution in [3.05, 3.63) is 34.9 Å². The van der Waals surface area contributed by atoms with E-state index >= 15 is 0 Å². The Hall–Kier alpha value is -1.68. The van der Waals surface area contributed by atoms with E-state index in [0.717, 1.165) is 12.8 Å². The van der Waals surface area contributed by atoms with Gasteiger partial charge in [-0.3, -0.25) is 14.9 Å². The SMILES string of the molecule is O=C(O)CNCC(=O)c1ccc2c(c1)CCCC2. The molecule has 1 aliphatic rings. The lowest BCUT2D eigenvalue weighted by Crippen LogP contribution is -2.28. The van der Waals surface area contributed by atoms with Crippen LogP contribution in [0, 0.1) is 0 Å². The highest BCUT2D eigenvalue weighted by molar-refractivity contribution is 5.98. The van der Waals surface area contributed by atoms with Crippen LogP contribution in [0.5, 0.6) is 0 Å². The Bertz CT molecular complexity index is 468. The average molecular weight is 247 g/mol. The molecule has 0 amide bonds. The summed E-state index contributed by atoms with van der Waals surface area (Å²) in [4.78, 5) is 22.2. The van der Waals surface area contributed by atoms with Crippen molar-refractivity contribution in [2.45, 2.75) is 25.7 Å². The Kier molecular flexibility index (Phi) is 4.10. The van der Waals surface area contributed by atoms with Crippen LogP contribution in [0.1, 0.15) is 34.3 Å². The molecule has 0 unspecified atom stereocenters. The number of nitrogens with one attached hydrogen (secondary N) is 1. The molecule has 0 bridgehead atoms. The van der Waals surface area contributed by atoms with Crippen LogP contribution in [0.4, 0.5) is 0 Å². The van der Waals surface area contributed by atoms with Crippen LogP contribution >= 0.6 is 0 Å². The molecule has 0 fully saturated rings. The fourth-order valence-electron chi connectivity index (χ4n) is 2.29. The van der Waals surface area contributed by atoms with Crippen molar-refractivity contribution in [2.24, 2.45) is 0 Å². The molecule has 0 atom stereocenters. The van der Waals surface area contributed by atoms with Crippen molar-refractivity contribution in [2.75, 3.05) is 13.1 Å². The number of aryl methyl sites for hydroxylation is 2. The summed E-state index contributed by atoms with van der Waals surface area (Å²) in [5.41, 5.74) is 3.29. The summed E-state index contributed by atoms with van der Waals surface area (Å²) in [6.07, 6.45) is 4.54. The quantitative estimate of drug-likeness (QED) is 0.772. The predicted molar refractivity (Wildman–Crippen MR) is 67.9 cm³/mol. The predicted octanol–water partition coefficient (Wildman–Crippen LogP) is 1.42. The maximum absolute atomic E-state index is 11.9. The maximum atomic E-state index is 11.9. The molecule has 2 N–H and O–H groups in total. The number of aliphatic carboxylic acids is 1. The molecule has 0 aliphatic heterocycles. The van der Waals surface area contributed by atoms with Crippen LogP contribution < -0.4 is 5.32 Å². The van der Waals surface area contributed by atoms with Gasteiger partial charge in [0.05, 0.1) is 13.1 Å². The molecule has 1 aromatic carbocycles. The van der Waals surface area contributed by atoms with Gasteiger partial charge in [0.1, 0.15) is 0 Å². The van der Waals surface area contributed by atoms with Gasteiger partial charge in [0.25, 0.3) is 0 Å². The van der Waals surface area contributed by atoms with E-state index < -0.39 is 5.97 Å². The zero-order chi connectivity index (χ0) is 13.0. The Morgan fingerprint density at radius 2 is 1.83 bits per heavy atom. The summed E-state index contributed by atoms with van der Waals surface area (Å²) in [7, 11) is 0. The minimum Gasteiger partial charge on any atom is -0.480 e. The number of carbonyl (C=O) groups excluding carboxylic acids is 1. The van der Waals surface area contributed by atoms with Gasteiger partial charge >= 0.3 is 5.97 Å². The maximum Gasteiger partial charge on any atom is 0.317 e.